The van der Waals surface area contributed by atoms with Crippen LogP contribution in [-0.2, 0) is 6.61 Å². The van der Waals surface area contributed by atoms with E-state index in [2.05, 4.69) is 9.97 Å². The van der Waals surface area contributed by atoms with Gasteiger partial charge in [0, 0.05) is 5.56 Å². The fourth-order valence-electron chi connectivity index (χ4n) is 1.43. The largest absolute Gasteiger partial charge is 0.478 e. The van der Waals surface area contributed by atoms with Gasteiger partial charge in [0.1, 0.15) is 0 Å². The second kappa shape index (κ2) is 3.12. The lowest BCUT2D eigenvalue weighted by Gasteiger charge is -2.02. The molecule has 1 heterocycles. The zero-order valence-electron chi connectivity index (χ0n) is 7.19. The number of aliphatic hydroxyl groups is 1. The van der Waals surface area contributed by atoms with Crippen LogP contribution in [0.5, 0.6) is 0 Å². The van der Waals surface area contributed by atoms with E-state index < -0.39 is 5.97 Å². The molecule has 0 bridgehead atoms. The first-order valence-electron chi connectivity index (χ1n) is 4.03. The van der Waals surface area contributed by atoms with Gasteiger partial charge in [0.25, 0.3) is 0 Å². The normalized spacial score (nSPS) is 10.6. The number of H-pyrrole nitrogens is 1. The predicted molar refractivity (Wildman–Crippen MR) is 49.0 cm³/mol. The van der Waals surface area contributed by atoms with Crippen molar-refractivity contribution in [3.05, 3.63) is 29.6 Å². The summed E-state index contributed by atoms with van der Waals surface area (Å²) in [5.74, 6) is -1.06. The summed E-state index contributed by atoms with van der Waals surface area (Å²) < 4.78 is 0. The Labute approximate surface area is 79.0 Å². The Bertz CT molecular complexity index is 490. The molecule has 3 N–H and O–H groups in total. The van der Waals surface area contributed by atoms with Crippen LogP contribution in [0.25, 0.3) is 11.0 Å². The first kappa shape index (κ1) is 8.71. The number of hydrogen-bond donors (Lipinski definition) is 3. The lowest BCUT2D eigenvalue weighted by Crippen LogP contribution is -2.03. The molecule has 72 valence electrons. The molecule has 0 aliphatic heterocycles. The highest BCUT2D eigenvalue weighted by atomic mass is 16.4. The Balaban J connectivity index is 2.78. The number of carboxylic acid groups (broad SMARTS) is 1. The molecule has 1 aromatic heterocycles. The zero-order chi connectivity index (χ0) is 10.1. The number of nitrogens with zero attached hydrogens (tertiary/aromatic N) is 1. The zero-order valence-corrected chi connectivity index (χ0v) is 7.19. The number of aliphatic hydroxyl groups excluding tert-OH is 1. The summed E-state index contributed by atoms with van der Waals surface area (Å²) in [6.07, 6.45) is 1.47. The van der Waals surface area contributed by atoms with Gasteiger partial charge in [-0.05, 0) is 12.1 Å². The third-order valence-corrected chi connectivity index (χ3v) is 2.08. The fourth-order valence-corrected chi connectivity index (χ4v) is 1.43. The van der Waals surface area contributed by atoms with Gasteiger partial charge in [0.05, 0.1) is 29.5 Å². The molecule has 0 spiro atoms. The summed E-state index contributed by atoms with van der Waals surface area (Å²) in [6.45, 7) is -0.330. The van der Waals surface area contributed by atoms with Gasteiger partial charge >= 0.3 is 5.97 Å². The molecule has 1 aromatic carbocycles. The van der Waals surface area contributed by atoms with E-state index in [-0.39, 0.29) is 12.2 Å². The van der Waals surface area contributed by atoms with Crippen LogP contribution in [0.3, 0.4) is 0 Å². The van der Waals surface area contributed by atoms with Gasteiger partial charge in [-0.3, -0.25) is 0 Å². The van der Waals surface area contributed by atoms with Gasteiger partial charge in [-0.2, -0.15) is 0 Å². The smallest absolute Gasteiger partial charge is 0.336 e. The maximum Gasteiger partial charge on any atom is 0.336 e. The van der Waals surface area contributed by atoms with E-state index in [1.54, 1.807) is 6.07 Å². The molecular formula is C9H8N2O3. The van der Waals surface area contributed by atoms with E-state index in [1.807, 2.05) is 0 Å². The highest BCUT2D eigenvalue weighted by Crippen LogP contribution is 2.19. The first-order chi connectivity index (χ1) is 6.74. The van der Waals surface area contributed by atoms with E-state index in [0.29, 0.717) is 11.1 Å². The van der Waals surface area contributed by atoms with Crippen LogP contribution < -0.4 is 0 Å². The van der Waals surface area contributed by atoms with Crippen molar-refractivity contribution in [3.8, 4) is 0 Å². The molecule has 0 atom stereocenters. The number of rotatable bonds is 2. The molecular weight excluding hydrogens is 184 g/mol. The van der Waals surface area contributed by atoms with E-state index in [1.165, 1.54) is 12.4 Å². The first-order valence-corrected chi connectivity index (χ1v) is 4.03. The molecule has 2 rings (SSSR count). The van der Waals surface area contributed by atoms with Crippen molar-refractivity contribution in [1.29, 1.82) is 0 Å². The minimum Gasteiger partial charge on any atom is -0.478 e. The topological polar surface area (TPSA) is 86.2 Å². The third-order valence-electron chi connectivity index (χ3n) is 2.08. The summed E-state index contributed by atoms with van der Waals surface area (Å²) in [5.41, 5.74) is 1.66. The number of benzene rings is 1. The van der Waals surface area contributed by atoms with Gasteiger partial charge in [-0.15, -0.1) is 0 Å². The van der Waals surface area contributed by atoms with E-state index in [9.17, 15) is 4.79 Å². The van der Waals surface area contributed by atoms with Gasteiger partial charge in [0.2, 0.25) is 0 Å². The SMILES string of the molecule is O=C(O)c1ccc2[nH]cnc2c1CO. The summed E-state index contributed by atoms with van der Waals surface area (Å²) in [7, 11) is 0. The number of carbonyl (C=O) groups is 1. The van der Waals surface area contributed by atoms with Crippen LogP contribution in [0, 0.1) is 0 Å². The van der Waals surface area contributed by atoms with Crippen LogP contribution in [0.2, 0.25) is 0 Å². The van der Waals surface area contributed by atoms with Crippen molar-refractivity contribution in [2.75, 3.05) is 0 Å². The van der Waals surface area contributed by atoms with Crippen LogP contribution >= 0.6 is 0 Å². The molecule has 0 amide bonds. The Morgan fingerprint density at radius 2 is 2.29 bits per heavy atom. The number of aromatic nitrogens is 2. The average Bonchev–Trinajstić information content (AvgIpc) is 2.63. The van der Waals surface area contributed by atoms with Crippen molar-refractivity contribution in [2.24, 2.45) is 0 Å². The van der Waals surface area contributed by atoms with Crippen molar-refractivity contribution in [3.63, 3.8) is 0 Å². The predicted octanol–water partition coefficient (Wildman–Crippen LogP) is 0.753. The van der Waals surface area contributed by atoms with Gasteiger partial charge in [-0.1, -0.05) is 0 Å². The maximum absolute atomic E-state index is 10.8. The lowest BCUT2D eigenvalue weighted by molar-refractivity contribution is 0.0693. The van der Waals surface area contributed by atoms with E-state index >= 15 is 0 Å². The standard InChI is InChI=1S/C9H8N2O3/c12-3-6-5(9(13)14)1-2-7-8(6)11-4-10-7/h1-2,4,12H,3H2,(H,10,11)(H,13,14). The fraction of sp³-hybridized carbons (Fsp3) is 0.111. The Hall–Kier alpha value is -1.88. The number of nitrogens with one attached hydrogen (secondary N) is 1. The molecule has 5 heteroatoms. The molecule has 14 heavy (non-hydrogen) atoms. The Morgan fingerprint density at radius 3 is 2.93 bits per heavy atom. The number of fused-ring (bicyclic) bond motifs is 1. The third kappa shape index (κ3) is 1.14. The summed E-state index contributed by atoms with van der Waals surface area (Å²) in [5, 5.41) is 17.9. The van der Waals surface area contributed by atoms with Gasteiger partial charge in [-0.25, -0.2) is 9.78 Å². The van der Waals surface area contributed by atoms with Gasteiger partial charge < -0.3 is 15.2 Å². The molecule has 0 aliphatic carbocycles. The highest BCUT2D eigenvalue weighted by molar-refractivity contribution is 5.95. The van der Waals surface area contributed by atoms with Crippen LogP contribution in [0.4, 0.5) is 0 Å². The number of aromatic amines is 1. The lowest BCUT2D eigenvalue weighted by atomic mass is 10.1. The molecule has 0 radical (unpaired) electrons. The number of hydrogen-bond acceptors (Lipinski definition) is 3. The quantitative estimate of drug-likeness (QED) is 0.655. The van der Waals surface area contributed by atoms with Crippen molar-refractivity contribution in [2.45, 2.75) is 6.61 Å². The summed E-state index contributed by atoms with van der Waals surface area (Å²) >= 11 is 0. The molecule has 0 saturated heterocycles. The Morgan fingerprint density at radius 1 is 1.50 bits per heavy atom. The van der Waals surface area contributed by atoms with Crippen molar-refractivity contribution < 1.29 is 15.0 Å². The van der Waals surface area contributed by atoms with Crippen LogP contribution in [0.15, 0.2) is 18.5 Å². The average molecular weight is 192 g/mol. The molecule has 0 unspecified atom stereocenters. The van der Waals surface area contributed by atoms with Crippen molar-refractivity contribution >= 4 is 17.0 Å². The van der Waals surface area contributed by atoms with Gasteiger partial charge in [0.15, 0.2) is 0 Å². The highest BCUT2D eigenvalue weighted by Gasteiger charge is 2.13. The van der Waals surface area contributed by atoms with Crippen LogP contribution in [0.1, 0.15) is 15.9 Å². The van der Waals surface area contributed by atoms with E-state index in [4.69, 9.17) is 10.2 Å². The summed E-state index contributed by atoms with van der Waals surface area (Å²) in [4.78, 5) is 17.6. The molecule has 0 saturated carbocycles. The van der Waals surface area contributed by atoms with Crippen LogP contribution in [-0.4, -0.2) is 26.2 Å². The monoisotopic (exact) mass is 192 g/mol. The van der Waals surface area contributed by atoms with E-state index in [0.717, 1.165) is 5.52 Å². The number of carboxylic acids is 1. The second-order valence-electron chi connectivity index (χ2n) is 2.85. The molecule has 2 aromatic rings. The minimum absolute atomic E-state index is 0.0899. The molecule has 0 fully saturated rings. The number of imidazole rings is 1. The molecule has 0 aliphatic rings. The number of aromatic carboxylic acids is 1. The minimum atomic E-state index is -1.06. The Kier molecular flexibility index (Phi) is 1.94. The summed E-state index contributed by atoms with van der Waals surface area (Å²) in [6, 6.07) is 3.08. The second-order valence-corrected chi connectivity index (χ2v) is 2.85. The van der Waals surface area contributed by atoms with Crippen molar-refractivity contribution in [1.82, 2.24) is 9.97 Å². The molecule has 5 nitrogen and oxygen atoms in total. The maximum atomic E-state index is 10.8.